The Morgan fingerprint density at radius 1 is 1.11 bits per heavy atom. The summed E-state index contributed by atoms with van der Waals surface area (Å²) in [6, 6.07) is 12.9. The molecule has 1 fully saturated rings. The maximum absolute atomic E-state index is 12.4. The van der Waals surface area contributed by atoms with Crippen LogP contribution in [0.3, 0.4) is 0 Å². The monoisotopic (exact) mass is 558 g/mol. The van der Waals surface area contributed by atoms with E-state index >= 15 is 0 Å². The molecule has 0 atom stereocenters. The fourth-order valence-electron chi connectivity index (χ4n) is 3.22. The SMILES string of the molecule is C/C(=N\NC(=O)CC(C)(C)SSc1ccccn1)c1ccc(OCCCC(=O)ON2C(=O)CCC2=O)cc1. The molecule has 38 heavy (non-hydrogen) atoms. The smallest absolute Gasteiger partial charge is 0.333 e. The molecule has 0 aliphatic carbocycles. The second-order valence-corrected chi connectivity index (χ2v) is 11.9. The molecule has 0 unspecified atom stereocenters. The van der Waals surface area contributed by atoms with E-state index in [1.54, 1.807) is 36.0 Å². The van der Waals surface area contributed by atoms with Crippen LogP contribution in [-0.4, -0.2) is 50.8 Å². The zero-order chi connectivity index (χ0) is 27.5. The van der Waals surface area contributed by atoms with Gasteiger partial charge in [0.1, 0.15) is 10.8 Å². The Hall–Kier alpha value is -3.38. The minimum Gasteiger partial charge on any atom is -0.494 e. The summed E-state index contributed by atoms with van der Waals surface area (Å²) in [4.78, 5) is 56.3. The second-order valence-electron chi connectivity index (χ2n) is 9.02. The van der Waals surface area contributed by atoms with Gasteiger partial charge < -0.3 is 9.57 Å². The average Bonchev–Trinajstić information content (AvgIpc) is 3.21. The van der Waals surface area contributed by atoms with Gasteiger partial charge in [-0.3, -0.25) is 14.4 Å². The number of carbonyl (C=O) groups excluding carboxylic acids is 4. The lowest BCUT2D eigenvalue weighted by atomic mass is 10.1. The first-order valence-corrected chi connectivity index (χ1v) is 14.2. The zero-order valence-electron chi connectivity index (χ0n) is 21.5. The molecule has 1 aromatic heterocycles. The van der Waals surface area contributed by atoms with Gasteiger partial charge >= 0.3 is 5.97 Å². The number of hydrogen-bond donors (Lipinski definition) is 1. The Labute approximate surface area is 229 Å². The number of aromatic nitrogens is 1. The van der Waals surface area contributed by atoms with Gasteiger partial charge in [0.25, 0.3) is 11.8 Å². The molecule has 12 heteroatoms. The van der Waals surface area contributed by atoms with E-state index in [2.05, 4.69) is 15.5 Å². The van der Waals surface area contributed by atoms with Crippen molar-refractivity contribution < 1.29 is 28.8 Å². The first kappa shape index (κ1) is 29.2. The highest BCUT2D eigenvalue weighted by Crippen LogP contribution is 2.41. The van der Waals surface area contributed by atoms with Gasteiger partial charge in [0.2, 0.25) is 5.91 Å². The lowest BCUT2D eigenvalue weighted by Gasteiger charge is -2.21. The van der Waals surface area contributed by atoms with Crippen LogP contribution >= 0.6 is 21.6 Å². The number of ether oxygens (including phenoxy) is 1. The maximum atomic E-state index is 12.4. The van der Waals surface area contributed by atoms with Gasteiger partial charge in [0.05, 0.1) is 18.7 Å². The third-order valence-electron chi connectivity index (χ3n) is 5.19. The van der Waals surface area contributed by atoms with E-state index in [1.165, 1.54) is 10.8 Å². The summed E-state index contributed by atoms with van der Waals surface area (Å²) >= 11 is 0. The van der Waals surface area contributed by atoms with Gasteiger partial charge in [-0.05, 0) is 79.9 Å². The first-order valence-electron chi connectivity index (χ1n) is 12.0. The summed E-state index contributed by atoms with van der Waals surface area (Å²) in [5.74, 6) is -1.24. The van der Waals surface area contributed by atoms with E-state index in [0.29, 0.717) is 29.4 Å². The average molecular weight is 559 g/mol. The predicted molar refractivity (Wildman–Crippen MR) is 145 cm³/mol. The van der Waals surface area contributed by atoms with Crippen LogP contribution < -0.4 is 10.2 Å². The molecule has 0 radical (unpaired) electrons. The van der Waals surface area contributed by atoms with Crippen molar-refractivity contribution in [3.8, 4) is 5.75 Å². The fourth-order valence-corrected chi connectivity index (χ4v) is 5.37. The molecule has 10 nitrogen and oxygen atoms in total. The third-order valence-corrected chi connectivity index (χ3v) is 8.40. The van der Waals surface area contributed by atoms with Crippen LogP contribution in [0, 0.1) is 0 Å². The quantitative estimate of drug-likeness (QED) is 0.126. The summed E-state index contributed by atoms with van der Waals surface area (Å²) in [6.07, 6.45) is 2.52. The van der Waals surface area contributed by atoms with Crippen LogP contribution in [-0.2, 0) is 24.0 Å². The lowest BCUT2D eigenvalue weighted by molar-refractivity contribution is -0.197. The normalized spacial score (nSPS) is 14.0. The molecular weight excluding hydrogens is 528 g/mol. The number of carbonyl (C=O) groups is 4. The van der Waals surface area contributed by atoms with Gasteiger partial charge in [-0.15, -0.1) is 5.06 Å². The molecule has 3 amide bonds. The van der Waals surface area contributed by atoms with E-state index in [9.17, 15) is 19.2 Å². The van der Waals surface area contributed by atoms with E-state index in [0.717, 1.165) is 10.6 Å². The summed E-state index contributed by atoms with van der Waals surface area (Å²) in [5.41, 5.74) is 4.09. The Morgan fingerprint density at radius 2 is 1.82 bits per heavy atom. The van der Waals surface area contributed by atoms with Crippen LogP contribution in [0.5, 0.6) is 5.75 Å². The molecule has 1 aliphatic heterocycles. The number of hydroxylamine groups is 2. The first-order chi connectivity index (χ1) is 18.1. The van der Waals surface area contributed by atoms with E-state index < -0.39 is 17.8 Å². The maximum Gasteiger partial charge on any atom is 0.333 e. The van der Waals surface area contributed by atoms with Gasteiger partial charge in [0, 0.05) is 30.2 Å². The number of hydrazone groups is 1. The topological polar surface area (TPSA) is 127 Å². The molecule has 0 spiro atoms. The standard InChI is InChI=1S/C26H30N4O6S2/c1-18(28-29-21(31)17-26(2,3)38-37-22-7-4-5-15-27-22)19-9-11-20(12-10-19)35-16-6-8-25(34)36-30-23(32)13-14-24(30)33/h4-5,7,9-12,15H,6,8,13-14,16-17H2,1-3H3,(H,29,31)/b28-18+. The summed E-state index contributed by atoms with van der Waals surface area (Å²) in [7, 11) is 3.12. The number of nitrogens with zero attached hydrogens (tertiary/aromatic N) is 3. The summed E-state index contributed by atoms with van der Waals surface area (Å²) in [6.45, 7) is 6.06. The summed E-state index contributed by atoms with van der Waals surface area (Å²) < 4.78 is 5.33. The van der Waals surface area contributed by atoms with Gasteiger partial charge in [-0.2, -0.15) is 5.10 Å². The van der Waals surface area contributed by atoms with Crippen LogP contribution in [0.2, 0.25) is 0 Å². The Balaban J connectivity index is 1.37. The molecule has 0 bridgehead atoms. The molecule has 1 saturated heterocycles. The highest BCUT2D eigenvalue weighted by Gasteiger charge is 2.32. The van der Waals surface area contributed by atoms with Crippen molar-refractivity contribution in [2.75, 3.05) is 6.61 Å². The summed E-state index contributed by atoms with van der Waals surface area (Å²) in [5, 5.41) is 5.65. The Kier molecular flexibility index (Phi) is 10.7. The fraction of sp³-hybridized carbons (Fsp3) is 0.385. The molecule has 1 N–H and O–H groups in total. The van der Waals surface area contributed by atoms with Crippen molar-refractivity contribution in [2.24, 2.45) is 5.10 Å². The second kappa shape index (κ2) is 14.0. The number of imide groups is 1. The molecule has 2 heterocycles. The van der Waals surface area contributed by atoms with Crippen molar-refractivity contribution in [3.63, 3.8) is 0 Å². The number of amides is 3. The van der Waals surface area contributed by atoms with Crippen molar-refractivity contribution in [3.05, 3.63) is 54.2 Å². The third kappa shape index (κ3) is 9.49. The van der Waals surface area contributed by atoms with Crippen LogP contribution in [0.15, 0.2) is 58.8 Å². The lowest BCUT2D eigenvalue weighted by Crippen LogP contribution is -2.32. The van der Waals surface area contributed by atoms with Crippen LogP contribution in [0.25, 0.3) is 0 Å². The number of nitrogens with one attached hydrogen (secondary N) is 1. The highest BCUT2D eigenvalue weighted by molar-refractivity contribution is 8.77. The molecule has 2 aromatic rings. The van der Waals surface area contributed by atoms with Gasteiger partial charge in [0.15, 0.2) is 0 Å². The van der Waals surface area contributed by atoms with Crippen molar-refractivity contribution in [1.29, 1.82) is 0 Å². The van der Waals surface area contributed by atoms with Crippen LogP contribution in [0.4, 0.5) is 0 Å². The molecule has 0 saturated carbocycles. The molecule has 1 aromatic carbocycles. The van der Waals surface area contributed by atoms with E-state index in [4.69, 9.17) is 9.57 Å². The van der Waals surface area contributed by atoms with Crippen molar-refractivity contribution in [1.82, 2.24) is 15.5 Å². The van der Waals surface area contributed by atoms with Gasteiger partial charge in [-0.1, -0.05) is 16.9 Å². The van der Waals surface area contributed by atoms with Crippen molar-refractivity contribution >= 4 is 51.0 Å². The predicted octanol–water partition coefficient (Wildman–Crippen LogP) is 4.30. The molecule has 202 valence electrons. The largest absolute Gasteiger partial charge is 0.494 e. The molecule has 3 rings (SSSR count). The number of hydrogen-bond acceptors (Lipinski definition) is 10. The minimum absolute atomic E-state index is 0.0117. The number of rotatable bonds is 13. The van der Waals surface area contributed by atoms with Crippen molar-refractivity contribution in [2.45, 2.75) is 62.6 Å². The Bertz CT molecular complexity index is 1160. The number of pyridine rings is 1. The highest BCUT2D eigenvalue weighted by atomic mass is 33.1. The number of benzene rings is 1. The zero-order valence-corrected chi connectivity index (χ0v) is 23.1. The van der Waals surface area contributed by atoms with Gasteiger partial charge in [-0.25, -0.2) is 15.2 Å². The van der Waals surface area contributed by atoms with E-state index in [1.807, 2.05) is 44.2 Å². The Morgan fingerprint density at radius 3 is 2.47 bits per heavy atom. The van der Waals surface area contributed by atoms with Crippen LogP contribution in [0.1, 0.15) is 58.4 Å². The minimum atomic E-state index is -0.657. The molecular formula is C26H30N4O6S2. The molecule has 1 aliphatic rings. The van der Waals surface area contributed by atoms with E-state index in [-0.39, 0.29) is 36.5 Å².